The smallest absolute Gasteiger partial charge is 0.365 e. The van der Waals surface area contributed by atoms with Crippen LogP contribution >= 0.6 is 11.3 Å². The number of nitrogens with one attached hydrogen (secondary N) is 1. The summed E-state index contributed by atoms with van der Waals surface area (Å²) in [6.07, 6.45) is -0.559. The van der Waals surface area contributed by atoms with Gasteiger partial charge >= 0.3 is 6.18 Å². The number of rotatable bonds is 4. The predicted molar refractivity (Wildman–Crippen MR) is 90.1 cm³/mol. The standard InChI is InChI=1S/C16H14F3N5O2S/c17-16(18,19)13-8(5-20)6-24(23-13)7-11(25)22-15-12(14(21)26)9-3-1-2-4-10(9)27-15/h6H,1-4,7H2,(H2,21,26)(H,22,25). The lowest BCUT2D eigenvalue weighted by molar-refractivity contribution is -0.141. The Morgan fingerprint density at radius 3 is 2.67 bits per heavy atom. The van der Waals surface area contributed by atoms with Gasteiger partial charge in [-0.15, -0.1) is 11.3 Å². The first-order chi connectivity index (χ1) is 12.7. The van der Waals surface area contributed by atoms with E-state index in [2.05, 4.69) is 10.4 Å². The third kappa shape index (κ3) is 3.80. The highest BCUT2D eigenvalue weighted by atomic mass is 32.1. The number of nitriles is 1. The van der Waals surface area contributed by atoms with Crippen molar-refractivity contribution in [2.75, 3.05) is 5.32 Å². The zero-order valence-corrected chi connectivity index (χ0v) is 14.7. The normalized spacial score (nSPS) is 13.7. The van der Waals surface area contributed by atoms with Crippen molar-refractivity contribution in [3.05, 3.63) is 33.5 Å². The van der Waals surface area contributed by atoms with Crippen molar-refractivity contribution < 1.29 is 22.8 Å². The molecule has 1 aliphatic carbocycles. The minimum Gasteiger partial charge on any atom is -0.365 e. The van der Waals surface area contributed by atoms with Crippen LogP contribution in [0.2, 0.25) is 0 Å². The number of fused-ring (bicyclic) bond motifs is 1. The van der Waals surface area contributed by atoms with Crippen LogP contribution in [0.5, 0.6) is 0 Å². The zero-order valence-electron chi connectivity index (χ0n) is 13.9. The van der Waals surface area contributed by atoms with Crippen LogP contribution in [-0.2, 0) is 30.4 Å². The second-order valence-corrected chi connectivity index (χ2v) is 7.13. The largest absolute Gasteiger partial charge is 0.436 e. The molecule has 3 rings (SSSR count). The molecule has 11 heteroatoms. The van der Waals surface area contributed by atoms with Crippen molar-refractivity contribution in [1.29, 1.82) is 5.26 Å². The van der Waals surface area contributed by atoms with E-state index in [-0.39, 0.29) is 5.56 Å². The Morgan fingerprint density at radius 2 is 2.07 bits per heavy atom. The summed E-state index contributed by atoms with van der Waals surface area (Å²) < 4.78 is 39.2. The molecule has 0 spiro atoms. The average Bonchev–Trinajstić information content (AvgIpc) is 3.14. The molecule has 142 valence electrons. The molecule has 0 radical (unpaired) electrons. The molecule has 27 heavy (non-hydrogen) atoms. The molecular weight excluding hydrogens is 383 g/mol. The number of nitrogens with two attached hydrogens (primary N) is 1. The maximum absolute atomic E-state index is 12.8. The summed E-state index contributed by atoms with van der Waals surface area (Å²) in [4.78, 5) is 25.0. The molecule has 0 saturated carbocycles. The summed E-state index contributed by atoms with van der Waals surface area (Å²) in [6, 6.07) is 1.41. The second kappa shape index (κ2) is 7.03. The van der Waals surface area contributed by atoms with E-state index in [0.29, 0.717) is 11.4 Å². The van der Waals surface area contributed by atoms with Crippen molar-refractivity contribution in [2.45, 2.75) is 38.4 Å². The topological polar surface area (TPSA) is 114 Å². The number of primary amides is 1. The number of amides is 2. The van der Waals surface area contributed by atoms with Crippen LogP contribution < -0.4 is 11.1 Å². The summed E-state index contributed by atoms with van der Waals surface area (Å²) in [5.41, 5.74) is 4.52. The van der Waals surface area contributed by atoms with Gasteiger partial charge in [-0.3, -0.25) is 14.3 Å². The van der Waals surface area contributed by atoms with Gasteiger partial charge in [-0.05, 0) is 31.2 Å². The summed E-state index contributed by atoms with van der Waals surface area (Å²) >= 11 is 1.25. The van der Waals surface area contributed by atoms with Gasteiger partial charge in [0.05, 0.1) is 5.56 Å². The number of aromatic nitrogens is 2. The van der Waals surface area contributed by atoms with Crippen LogP contribution in [0.4, 0.5) is 18.2 Å². The molecule has 0 bridgehead atoms. The van der Waals surface area contributed by atoms with Crippen LogP contribution in [-0.4, -0.2) is 21.6 Å². The van der Waals surface area contributed by atoms with Gasteiger partial charge in [0.2, 0.25) is 5.91 Å². The molecule has 0 fully saturated rings. The number of hydrogen-bond acceptors (Lipinski definition) is 5. The van der Waals surface area contributed by atoms with Gasteiger partial charge in [0.25, 0.3) is 5.91 Å². The predicted octanol–water partition coefficient (Wildman–Crippen LogP) is 2.45. The SMILES string of the molecule is N#Cc1cn(CC(=O)Nc2sc3c(c2C(N)=O)CCCC3)nc1C(F)(F)F. The fraction of sp³-hybridized carbons (Fsp3) is 0.375. The lowest BCUT2D eigenvalue weighted by Gasteiger charge is -2.11. The molecule has 2 heterocycles. The van der Waals surface area contributed by atoms with E-state index >= 15 is 0 Å². The molecule has 2 aromatic heterocycles. The summed E-state index contributed by atoms with van der Waals surface area (Å²) in [5, 5.41) is 14.9. The van der Waals surface area contributed by atoms with E-state index < -0.39 is 35.8 Å². The highest BCUT2D eigenvalue weighted by Crippen LogP contribution is 2.38. The van der Waals surface area contributed by atoms with E-state index in [4.69, 9.17) is 11.0 Å². The van der Waals surface area contributed by atoms with Crippen LogP contribution in [0, 0.1) is 11.3 Å². The number of nitrogens with zero attached hydrogens (tertiary/aromatic N) is 3. The lowest BCUT2D eigenvalue weighted by atomic mass is 9.95. The van der Waals surface area contributed by atoms with Gasteiger partial charge in [0, 0.05) is 11.1 Å². The molecule has 0 unspecified atom stereocenters. The Kier molecular flexibility index (Phi) is 4.93. The van der Waals surface area contributed by atoms with Gasteiger partial charge in [-0.25, -0.2) is 0 Å². The van der Waals surface area contributed by atoms with Crippen molar-refractivity contribution in [3.8, 4) is 6.07 Å². The van der Waals surface area contributed by atoms with E-state index in [9.17, 15) is 22.8 Å². The number of thiophene rings is 1. The van der Waals surface area contributed by atoms with Gasteiger partial charge in [0.1, 0.15) is 23.2 Å². The molecule has 3 N–H and O–H groups in total. The zero-order chi connectivity index (χ0) is 19.8. The monoisotopic (exact) mass is 397 g/mol. The first-order valence-corrected chi connectivity index (χ1v) is 8.81. The highest BCUT2D eigenvalue weighted by molar-refractivity contribution is 7.17. The van der Waals surface area contributed by atoms with Crippen LogP contribution in [0.1, 0.15) is 44.9 Å². The van der Waals surface area contributed by atoms with Crippen molar-refractivity contribution in [1.82, 2.24) is 9.78 Å². The first kappa shape index (κ1) is 18.9. The van der Waals surface area contributed by atoms with Crippen molar-refractivity contribution in [3.63, 3.8) is 0 Å². The van der Waals surface area contributed by atoms with Crippen LogP contribution in [0.3, 0.4) is 0 Å². The third-order valence-corrected chi connectivity index (χ3v) is 5.33. The van der Waals surface area contributed by atoms with Gasteiger partial charge in [-0.1, -0.05) is 0 Å². The average molecular weight is 397 g/mol. The quantitative estimate of drug-likeness (QED) is 0.825. The maximum Gasteiger partial charge on any atom is 0.436 e. The minimum atomic E-state index is -4.79. The fourth-order valence-electron chi connectivity index (χ4n) is 3.02. The Hall–Kier alpha value is -2.87. The number of anilines is 1. The van der Waals surface area contributed by atoms with Gasteiger partial charge < -0.3 is 11.1 Å². The van der Waals surface area contributed by atoms with E-state index in [1.807, 2.05) is 0 Å². The Balaban J connectivity index is 1.81. The Morgan fingerprint density at radius 1 is 1.37 bits per heavy atom. The maximum atomic E-state index is 12.8. The van der Waals surface area contributed by atoms with Crippen molar-refractivity contribution in [2.24, 2.45) is 5.73 Å². The van der Waals surface area contributed by atoms with Gasteiger partial charge in [-0.2, -0.15) is 23.5 Å². The second-order valence-electron chi connectivity index (χ2n) is 6.03. The molecule has 2 aromatic rings. The molecule has 0 aliphatic heterocycles. The van der Waals surface area contributed by atoms with E-state index in [1.165, 1.54) is 17.4 Å². The third-order valence-electron chi connectivity index (χ3n) is 4.13. The first-order valence-electron chi connectivity index (χ1n) is 7.99. The Labute approximate surface area is 155 Å². The van der Waals surface area contributed by atoms with Gasteiger partial charge in [0.15, 0.2) is 5.69 Å². The number of carbonyl (C=O) groups excluding carboxylic acids is 2. The van der Waals surface area contributed by atoms with Crippen molar-refractivity contribution >= 4 is 28.2 Å². The molecule has 2 amide bonds. The van der Waals surface area contributed by atoms with Crippen LogP contribution in [0.15, 0.2) is 6.20 Å². The van der Waals surface area contributed by atoms with E-state index in [1.54, 1.807) is 0 Å². The molecular formula is C16H14F3N5O2S. The summed E-state index contributed by atoms with van der Waals surface area (Å²) in [7, 11) is 0. The number of alkyl halides is 3. The number of hydrogen-bond donors (Lipinski definition) is 2. The number of aryl methyl sites for hydroxylation is 1. The number of halogens is 3. The number of carbonyl (C=O) groups is 2. The molecule has 1 aliphatic rings. The lowest BCUT2D eigenvalue weighted by Crippen LogP contribution is -2.22. The summed E-state index contributed by atoms with van der Waals surface area (Å²) in [5.74, 6) is -1.33. The summed E-state index contributed by atoms with van der Waals surface area (Å²) in [6.45, 7) is -0.536. The molecule has 7 nitrogen and oxygen atoms in total. The molecule has 0 aromatic carbocycles. The molecule has 0 atom stereocenters. The fourth-order valence-corrected chi connectivity index (χ4v) is 4.33. The molecule has 0 saturated heterocycles. The Bertz CT molecular complexity index is 955. The highest BCUT2D eigenvalue weighted by Gasteiger charge is 2.37. The minimum absolute atomic E-state index is 0.261. The van der Waals surface area contributed by atoms with E-state index in [0.717, 1.165) is 40.6 Å². The van der Waals surface area contributed by atoms with Crippen LogP contribution in [0.25, 0.3) is 0 Å².